The van der Waals surface area contributed by atoms with E-state index in [0.29, 0.717) is 0 Å². The number of aromatic nitrogens is 2. The average molecular weight is 151 g/mol. The van der Waals surface area contributed by atoms with Gasteiger partial charge in [0.25, 0.3) is 5.56 Å². The fraction of sp³-hybridized carbons (Fsp3) is 0.429. The average Bonchev–Trinajstić information content (AvgIpc) is 2.34. The molecule has 0 aliphatic heterocycles. The number of aromatic amines is 1. The fourth-order valence-electron chi connectivity index (χ4n) is 1.46. The highest BCUT2D eigenvalue weighted by Crippen LogP contribution is 2.15. The molecular weight excluding hydrogens is 142 g/mol. The van der Waals surface area contributed by atoms with Gasteiger partial charge in [0.05, 0.1) is 5.69 Å². The molecule has 3 N–H and O–H groups in total. The van der Waals surface area contributed by atoms with Crippen LogP contribution in [0.1, 0.15) is 17.7 Å². The number of H-pyrrole nitrogens is 1. The first kappa shape index (κ1) is 6.39. The molecular formula is C7H9N3O. The van der Waals surface area contributed by atoms with E-state index in [4.69, 9.17) is 5.73 Å². The molecule has 1 aliphatic carbocycles. The van der Waals surface area contributed by atoms with Crippen LogP contribution in [0, 0.1) is 0 Å². The summed E-state index contributed by atoms with van der Waals surface area (Å²) >= 11 is 0. The van der Waals surface area contributed by atoms with Crippen molar-refractivity contribution in [3.05, 3.63) is 21.6 Å². The van der Waals surface area contributed by atoms with Crippen LogP contribution in [0.4, 0.5) is 5.95 Å². The van der Waals surface area contributed by atoms with Crippen molar-refractivity contribution in [1.29, 1.82) is 0 Å². The van der Waals surface area contributed by atoms with E-state index in [1.54, 1.807) is 0 Å². The molecule has 0 aromatic carbocycles. The number of anilines is 1. The third-order valence-corrected chi connectivity index (χ3v) is 1.96. The van der Waals surface area contributed by atoms with Crippen molar-refractivity contribution in [2.24, 2.45) is 0 Å². The summed E-state index contributed by atoms with van der Waals surface area (Å²) in [5, 5.41) is 0. The van der Waals surface area contributed by atoms with Crippen molar-refractivity contribution in [2.75, 3.05) is 5.73 Å². The Morgan fingerprint density at radius 1 is 1.45 bits per heavy atom. The lowest BCUT2D eigenvalue weighted by molar-refractivity contribution is 0.899. The largest absolute Gasteiger partial charge is 0.369 e. The highest BCUT2D eigenvalue weighted by Gasteiger charge is 2.15. The van der Waals surface area contributed by atoms with E-state index in [1.807, 2.05) is 0 Å². The number of nitrogens with zero attached hydrogens (tertiary/aromatic N) is 1. The highest BCUT2D eigenvalue weighted by atomic mass is 16.1. The predicted octanol–water partition coefficient (Wildman–Crippen LogP) is -0.159. The molecule has 1 aromatic heterocycles. The summed E-state index contributed by atoms with van der Waals surface area (Å²) in [7, 11) is 0. The molecule has 1 heterocycles. The number of rotatable bonds is 0. The van der Waals surface area contributed by atoms with Gasteiger partial charge in [-0.2, -0.15) is 0 Å². The maximum atomic E-state index is 11.2. The van der Waals surface area contributed by atoms with Crippen LogP contribution < -0.4 is 11.3 Å². The summed E-state index contributed by atoms with van der Waals surface area (Å²) in [4.78, 5) is 17.7. The second-order valence-electron chi connectivity index (χ2n) is 2.73. The fourth-order valence-corrected chi connectivity index (χ4v) is 1.46. The Balaban J connectivity index is 2.70. The van der Waals surface area contributed by atoms with Gasteiger partial charge in [-0.15, -0.1) is 0 Å². The quantitative estimate of drug-likeness (QED) is 0.541. The van der Waals surface area contributed by atoms with Crippen molar-refractivity contribution in [3.8, 4) is 0 Å². The third-order valence-electron chi connectivity index (χ3n) is 1.96. The van der Waals surface area contributed by atoms with Crippen LogP contribution in [-0.4, -0.2) is 9.97 Å². The molecule has 0 saturated carbocycles. The maximum absolute atomic E-state index is 11.2. The molecule has 0 amide bonds. The number of nitrogens with two attached hydrogens (primary N) is 1. The van der Waals surface area contributed by atoms with Gasteiger partial charge < -0.3 is 5.73 Å². The zero-order chi connectivity index (χ0) is 7.84. The molecule has 0 spiro atoms. The lowest BCUT2D eigenvalue weighted by Gasteiger charge is -1.96. The van der Waals surface area contributed by atoms with Crippen LogP contribution in [0.2, 0.25) is 0 Å². The van der Waals surface area contributed by atoms with Crippen LogP contribution in [0.25, 0.3) is 0 Å². The summed E-state index contributed by atoms with van der Waals surface area (Å²) in [6.07, 6.45) is 2.76. The summed E-state index contributed by atoms with van der Waals surface area (Å²) in [6, 6.07) is 0. The number of aryl methyl sites for hydroxylation is 1. The number of hydrogen-bond acceptors (Lipinski definition) is 3. The molecule has 0 radical (unpaired) electrons. The molecule has 1 aromatic rings. The Kier molecular flexibility index (Phi) is 1.21. The van der Waals surface area contributed by atoms with Crippen molar-refractivity contribution >= 4 is 5.95 Å². The molecule has 2 rings (SSSR count). The van der Waals surface area contributed by atoms with Crippen LogP contribution in [0.15, 0.2) is 4.79 Å². The number of nitrogen functional groups attached to an aromatic ring is 1. The molecule has 11 heavy (non-hydrogen) atoms. The monoisotopic (exact) mass is 151 g/mol. The summed E-state index contributed by atoms with van der Waals surface area (Å²) in [6.45, 7) is 0. The Morgan fingerprint density at radius 2 is 2.27 bits per heavy atom. The smallest absolute Gasteiger partial charge is 0.255 e. The Morgan fingerprint density at radius 3 is 3.09 bits per heavy atom. The van der Waals surface area contributed by atoms with E-state index in [9.17, 15) is 4.79 Å². The van der Waals surface area contributed by atoms with E-state index in [-0.39, 0.29) is 11.5 Å². The normalized spacial score (nSPS) is 14.9. The van der Waals surface area contributed by atoms with E-state index in [1.165, 1.54) is 0 Å². The van der Waals surface area contributed by atoms with E-state index < -0.39 is 0 Å². The Hall–Kier alpha value is -1.32. The van der Waals surface area contributed by atoms with Gasteiger partial charge in [0.1, 0.15) is 0 Å². The standard InChI is InChI=1S/C7H9N3O/c8-7-9-5-3-1-2-4(5)6(11)10-7/h1-3H2,(H3,8,9,10,11). The van der Waals surface area contributed by atoms with Gasteiger partial charge in [-0.05, 0) is 19.3 Å². The van der Waals surface area contributed by atoms with Crippen molar-refractivity contribution in [3.63, 3.8) is 0 Å². The molecule has 1 aliphatic rings. The molecule has 0 atom stereocenters. The lowest BCUT2D eigenvalue weighted by Crippen LogP contribution is -2.16. The first-order valence-electron chi connectivity index (χ1n) is 3.65. The molecule has 0 unspecified atom stereocenters. The second-order valence-corrected chi connectivity index (χ2v) is 2.73. The molecule has 4 nitrogen and oxygen atoms in total. The molecule has 0 bridgehead atoms. The van der Waals surface area contributed by atoms with Gasteiger partial charge in [-0.25, -0.2) is 4.98 Å². The minimum Gasteiger partial charge on any atom is -0.369 e. The lowest BCUT2D eigenvalue weighted by atomic mass is 10.3. The zero-order valence-electron chi connectivity index (χ0n) is 6.05. The van der Waals surface area contributed by atoms with Crippen molar-refractivity contribution in [1.82, 2.24) is 9.97 Å². The van der Waals surface area contributed by atoms with Crippen LogP contribution in [0.5, 0.6) is 0 Å². The van der Waals surface area contributed by atoms with E-state index in [2.05, 4.69) is 9.97 Å². The minimum atomic E-state index is -0.0648. The van der Waals surface area contributed by atoms with E-state index in [0.717, 1.165) is 30.5 Å². The first-order chi connectivity index (χ1) is 5.27. The minimum absolute atomic E-state index is 0.0648. The second kappa shape index (κ2) is 2.08. The zero-order valence-corrected chi connectivity index (χ0v) is 6.05. The summed E-state index contributed by atoms with van der Waals surface area (Å²) in [5.74, 6) is 0.232. The number of nitrogens with one attached hydrogen (secondary N) is 1. The SMILES string of the molecule is Nc1nc2c(c(=O)[nH]1)CCC2. The van der Waals surface area contributed by atoms with Gasteiger partial charge in [0, 0.05) is 5.56 Å². The van der Waals surface area contributed by atoms with Crippen LogP contribution in [0.3, 0.4) is 0 Å². The Labute approximate surface area is 63.5 Å². The van der Waals surface area contributed by atoms with Gasteiger partial charge in [0.15, 0.2) is 0 Å². The number of fused-ring (bicyclic) bond motifs is 1. The number of hydrogen-bond donors (Lipinski definition) is 2. The Bertz CT molecular complexity index is 342. The summed E-state index contributed by atoms with van der Waals surface area (Å²) in [5.41, 5.74) is 7.00. The summed E-state index contributed by atoms with van der Waals surface area (Å²) < 4.78 is 0. The van der Waals surface area contributed by atoms with E-state index >= 15 is 0 Å². The molecule has 4 heteroatoms. The van der Waals surface area contributed by atoms with Crippen LogP contribution in [-0.2, 0) is 12.8 Å². The molecule has 0 saturated heterocycles. The predicted molar refractivity (Wildman–Crippen MR) is 41.3 cm³/mol. The first-order valence-corrected chi connectivity index (χ1v) is 3.65. The third kappa shape index (κ3) is 0.906. The van der Waals surface area contributed by atoms with Gasteiger partial charge in [-0.1, -0.05) is 0 Å². The maximum Gasteiger partial charge on any atom is 0.255 e. The molecule has 0 fully saturated rings. The highest BCUT2D eigenvalue weighted by molar-refractivity contribution is 5.28. The van der Waals surface area contributed by atoms with Gasteiger partial charge in [-0.3, -0.25) is 9.78 Å². The van der Waals surface area contributed by atoms with Crippen LogP contribution >= 0.6 is 0 Å². The van der Waals surface area contributed by atoms with Crippen molar-refractivity contribution < 1.29 is 0 Å². The van der Waals surface area contributed by atoms with Crippen molar-refractivity contribution in [2.45, 2.75) is 19.3 Å². The van der Waals surface area contributed by atoms with Gasteiger partial charge >= 0.3 is 0 Å². The molecule has 58 valence electrons. The topological polar surface area (TPSA) is 71.8 Å². The van der Waals surface area contributed by atoms with Gasteiger partial charge in [0.2, 0.25) is 5.95 Å².